The van der Waals surface area contributed by atoms with E-state index in [1.165, 1.54) is 0 Å². The highest BCUT2D eigenvalue weighted by atomic mass is 35.5. The van der Waals surface area contributed by atoms with Gasteiger partial charge < -0.3 is 14.9 Å². The summed E-state index contributed by atoms with van der Waals surface area (Å²) < 4.78 is 27.3. The first-order valence-corrected chi connectivity index (χ1v) is 8.91. The fraction of sp³-hybridized carbons (Fsp3) is 0.308. The summed E-state index contributed by atoms with van der Waals surface area (Å²) in [6, 6.07) is 6.08. The molecule has 0 spiro atoms. The van der Waals surface area contributed by atoms with E-state index in [-0.39, 0.29) is 18.1 Å². The number of aromatic nitrogens is 2. The van der Waals surface area contributed by atoms with Crippen LogP contribution in [-0.4, -0.2) is 36.0 Å². The molecule has 2 N–H and O–H groups in total. The minimum Gasteiger partial charge on any atom is -0.465 e. The number of carbonyl (C=O) groups is 1. The number of carboxylic acid groups (broad SMARTS) is 1. The Morgan fingerprint density at radius 2 is 2.04 bits per heavy atom. The second-order valence-corrected chi connectivity index (χ2v) is 7.53. The Morgan fingerprint density at radius 3 is 2.61 bits per heavy atom. The first-order chi connectivity index (χ1) is 10.7. The van der Waals surface area contributed by atoms with Crippen LogP contribution >= 0.6 is 11.6 Å². The van der Waals surface area contributed by atoms with Crippen LogP contribution in [0.1, 0.15) is 23.3 Å². The Kier molecular flexibility index (Phi) is 5.22. The van der Waals surface area contributed by atoms with Gasteiger partial charge >= 0.3 is 6.09 Å². The average Bonchev–Trinajstić information content (AvgIpc) is 2.86. The van der Waals surface area contributed by atoms with Crippen LogP contribution in [0.4, 0.5) is 4.79 Å². The van der Waals surface area contributed by atoms with Crippen molar-refractivity contribution in [3.63, 3.8) is 0 Å². The minimum atomic E-state index is -3.32. The van der Waals surface area contributed by atoms with Gasteiger partial charge in [0, 0.05) is 17.7 Å². The van der Waals surface area contributed by atoms with Gasteiger partial charge in [0.1, 0.15) is 5.75 Å². The molecule has 10 heteroatoms. The molecule has 0 aliphatic rings. The smallest absolute Gasteiger partial charge is 0.405 e. The molecule has 0 saturated heterocycles. The van der Waals surface area contributed by atoms with E-state index in [1.54, 1.807) is 24.3 Å². The number of hydrogen-bond acceptors (Lipinski definition) is 6. The van der Waals surface area contributed by atoms with Crippen molar-refractivity contribution >= 4 is 27.5 Å². The first-order valence-electron chi connectivity index (χ1n) is 6.47. The zero-order valence-corrected chi connectivity index (χ0v) is 13.6. The van der Waals surface area contributed by atoms with Gasteiger partial charge in [-0.3, -0.25) is 0 Å². The first kappa shape index (κ1) is 17.2. The third kappa shape index (κ3) is 5.53. The number of amides is 1. The third-order valence-electron chi connectivity index (χ3n) is 2.83. The van der Waals surface area contributed by atoms with Crippen LogP contribution in [-0.2, 0) is 22.0 Å². The molecule has 8 nitrogen and oxygen atoms in total. The standard InChI is InChI=1S/C13H14ClN3O5S/c1-23(20,21)7-11-16-12(17-22-11)10(15-13(18)19)6-8-2-4-9(14)5-3-8/h2-5,10,15H,6-7H2,1H3,(H,18,19). The normalized spacial score (nSPS) is 12.8. The lowest BCUT2D eigenvalue weighted by atomic mass is 10.1. The lowest BCUT2D eigenvalue weighted by molar-refractivity contribution is 0.189. The van der Waals surface area contributed by atoms with Crippen molar-refractivity contribution < 1.29 is 22.8 Å². The lowest BCUT2D eigenvalue weighted by Gasteiger charge is -2.13. The highest BCUT2D eigenvalue weighted by Crippen LogP contribution is 2.18. The topological polar surface area (TPSA) is 122 Å². The van der Waals surface area contributed by atoms with Crippen molar-refractivity contribution in [1.82, 2.24) is 15.5 Å². The van der Waals surface area contributed by atoms with Crippen LogP contribution in [0.3, 0.4) is 0 Å². The van der Waals surface area contributed by atoms with E-state index in [0.29, 0.717) is 5.02 Å². The van der Waals surface area contributed by atoms with Gasteiger partial charge in [-0.25, -0.2) is 13.2 Å². The monoisotopic (exact) mass is 359 g/mol. The molecule has 2 rings (SSSR count). The van der Waals surface area contributed by atoms with Crippen molar-refractivity contribution in [1.29, 1.82) is 0 Å². The van der Waals surface area contributed by atoms with E-state index in [2.05, 4.69) is 15.5 Å². The van der Waals surface area contributed by atoms with Crippen LogP contribution in [0.5, 0.6) is 0 Å². The zero-order chi connectivity index (χ0) is 17.0. The summed E-state index contributed by atoms with van der Waals surface area (Å²) in [5.74, 6) is -0.419. The van der Waals surface area contributed by atoms with Crippen molar-refractivity contribution in [2.45, 2.75) is 18.2 Å². The average molecular weight is 360 g/mol. The van der Waals surface area contributed by atoms with Gasteiger partial charge in [0.25, 0.3) is 0 Å². The lowest BCUT2D eigenvalue weighted by Crippen LogP contribution is -2.29. The fourth-order valence-corrected chi connectivity index (χ4v) is 2.60. The van der Waals surface area contributed by atoms with Crippen LogP contribution in [0.25, 0.3) is 0 Å². The van der Waals surface area contributed by atoms with Crippen molar-refractivity contribution in [3.8, 4) is 0 Å². The molecule has 124 valence electrons. The Labute approximate surface area is 137 Å². The Balaban J connectivity index is 2.21. The highest BCUT2D eigenvalue weighted by Gasteiger charge is 2.22. The van der Waals surface area contributed by atoms with Crippen molar-refractivity contribution in [3.05, 3.63) is 46.6 Å². The van der Waals surface area contributed by atoms with E-state index in [4.69, 9.17) is 21.2 Å². The molecule has 2 aromatic rings. The molecule has 23 heavy (non-hydrogen) atoms. The molecule has 1 heterocycles. The maximum Gasteiger partial charge on any atom is 0.405 e. The maximum atomic E-state index is 11.2. The molecule has 0 aliphatic carbocycles. The molecule has 1 aromatic carbocycles. The quantitative estimate of drug-likeness (QED) is 0.806. The Morgan fingerprint density at radius 1 is 1.39 bits per heavy atom. The Hall–Kier alpha value is -2.13. The molecule has 0 bridgehead atoms. The summed E-state index contributed by atoms with van der Waals surface area (Å²) >= 11 is 5.81. The molecule has 0 fully saturated rings. The predicted octanol–water partition coefficient (Wildman–Crippen LogP) is 1.82. The minimum absolute atomic E-state index is 0.0704. The molecular weight excluding hydrogens is 346 g/mol. The molecule has 0 saturated carbocycles. The molecule has 1 atom stereocenters. The van der Waals surface area contributed by atoms with E-state index in [1.807, 2.05) is 0 Å². The maximum absolute atomic E-state index is 11.2. The van der Waals surface area contributed by atoms with E-state index in [9.17, 15) is 13.2 Å². The number of sulfone groups is 1. The number of nitrogens with one attached hydrogen (secondary N) is 1. The molecular formula is C13H14ClN3O5S. The second kappa shape index (κ2) is 6.97. The van der Waals surface area contributed by atoms with E-state index >= 15 is 0 Å². The van der Waals surface area contributed by atoms with Gasteiger partial charge in [-0.2, -0.15) is 4.98 Å². The summed E-state index contributed by atoms with van der Waals surface area (Å²) in [6.07, 6.45) is 0.0530. The second-order valence-electron chi connectivity index (χ2n) is 4.95. The molecule has 0 radical (unpaired) electrons. The summed E-state index contributed by atoms with van der Waals surface area (Å²) in [4.78, 5) is 14.9. The van der Waals surface area contributed by atoms with Crippen molar-refractivity contribution in [2.24, 2.45) is 0 Å². The van der Waals surface area contributed by atoms with Gasteiger partial charge in [0.05, 0.1) is 6.04 Å². The van der Waals surface area contributed by atoms with Gasteiger partial charge in [-0.15, -0.1) is 0 Å². The molecule has 1 aromatic heterocycles. The van der Waals surface area contributed by atoms with Crippen molar-refractivity contribution in [2.75, 3.05) is 6.26 Å². The number of benzene rings is 1. The number of halogens is 1. The SMILES string of the molecule is CS(=O)(=O)Cc1nc(C(Cc2ccc(Cl)cc2)NC(=O)O)no1. The van der Waals surface area contributed by atoms with E-state index < -0.39 is 27.7 Å². The summed E-state index contributed by atoms with van der Waals surface area (Å²) in [5.41, 5.74) is 0.808. The van der Waals surface area contributed by atoms with Crippen LogP contribution in [0.15, 0.2) is 28.8 Å². The van der Waals surface area contributed by atoms with Gasteiger partial charge in [0.2, 0.25) is 5.89 Å². The fourth-order valence-electron chi connectivity index (χ4n) is 1.90. The largest absolute Gasteiger partial charge is 0.465 e. The van der Waals surface area contributed by atoms with Crippen LogP contribution in [0.2, 0.25) is 5.02 Å². The van der Waals surface area contributed by atoms with Crippen LogP contribution < -0.4 is 5.32 Å². The molecule has 0 aliphatic heterocycles. The zero-order valence-electron chi connectivity index (χ0n) is 12.1. The van der Waals surface area contributed by atoms with E-state index in [0.717, 1.165) is 11.8 Å². The predicted molar refractivity (Wildman–Crippen MR) is 81.9 cm³/mol. The number of nitrogens with zero attached hydrogens (tertiary/aromatic N) is 2. The summed E-state index contributed by atoms with van der Waals surface area (Å²) in [7, 11) is -3.32. The summed E-state index contributed by atoms with van der Waals surface area (Å²) in [5, 5.41) is 15.5. The Bertz CT molecular complexity index is 788. The molecule has 1 amide bonds. The molecule has 1 unspecified atom stereocenters. The summed E-state index contributed by atoms with van der Waals surface area (Å²) in [6.45, 7) is 0. The van der Waals surface area contributed by atoms with Gasteiger partial charge in [-0.05, 0) is 17.7 Å². The number of hydrogen-bond donors (Lipinski definition) is 2. The van der Waals surface area contributed by atoms with Gasteiger partial charge in [0.15, 0.2) is 15.7 Å². The van der Waals surface area contributed by atoms with Crippen LogP contribution in [0, 0.1) is 0 Å². The third-order valence-corrected chi connectivity index (χ3v) is 3.86. The number of rotatable bonds is 6. The van der Waals surface area contributed by atoms with Gasteiger partial charge in [-0.1, -0.05) is 28.9 Å². The highest BCUT2D eigenvalue weighted by molar-refractivity contribution is 7.89.